The zero-order valence-electron chi connectivity index (χ0n) is 7.85. The molecule has 0 atom stereocenters. The van der Waals surface area contributed by atoms with E-state index < -0.39 is 0 Å². The van der Waals surface area contributed by atoms with E-state index in [4.69, 9.17) is 0 Å². The van der Waals surface area contributed by atoms with Gasteiger partial charge in [0.15, 0.2) is 0 Å². The van der Waals surface area contributed by atoms with Gasteiger partial charge in [-0.25, -0.2) is 0 Å². The first-order valence-corrected chi connectivity index (χ1v) is 4.44. The monoisotopic (exact) mass is 141 g/mol. The van der Waals surface area contributed by atoms with E-state index in [0.717, 1.165) is 11.8 Å². The third kappa shape index (κ3) is 8.00. The Bertz CT molecular complexity index is 52.4. The van der Waals surface area contributed by atoms with E-state index in [0.29, 0.717) is 0 Å². The molecule has 0 spiro atoms. The van der Waals surface area contributed by atoms with Crippen molar-refractivity contribution in [2.75, 3.05) is 0 Å². The van der Waals surface area contributed by atoms with Crippen molar-refractivity contribution in [3.8, 4) is 0 Å². The maximum atomic E-state index is 2.42. The Hall–Kier alpha value is 0. The highest BCUT2D eigenvalue weighted by atomic mass is 14.0. The maximum absolute atomic E-state index is 2.42. The molecular formula is C10H21. The highest BCUT2D eigenvalue weighted by Crippen LogP contribution is 2.10. The van der Waals surface area contributed by atoms with E-state index in [9.17, 15) is 0 Å². The summed E-state index contributed by atoms with van der Waals surface area (Å²) in [6, 6.07) is 0. The lowest BCUT2D eigenvalue weighted by Crippen LogP contribution is -1.91. The number of unbranched alkanes of at least 4 members (excludes halogenated alkanes) is 1. The minimum Gasteiger partial charge on any atom is -0.0628 e. The van der Waals surface area contributed by atoms with E-state index in [1.807, 2.05) is 0 Å². The summed E-state index contributed by atoms with van der Waals surface area (Å²) in [6.45, 7) is 9.10. The van der Waals surface area contributed by atoms with Crippen LogP contribution < -0.4 is 0 Å². The Balaban J connectivity index is 2.91. The molecule has 0 aliphatic heterocycles. The fraction of sp³-hybridized carbons (Fsp3) is 0.900. The van der Waals surface area contributed by atoms with E-state index in [1.54, 1.807) is 0 Å². The van der Waals surface area contributed by atoms with E-state index in [2.05, 4.69) is 34.1 Å². The van der Waals surface area contributed by atoms with Crippen LogP contribution in [-0.4, -0.2) is 0 Å². The van der Waals surface area contributed by atoms with Gasteiger partial charge in [0.25, 0.3) is 0 Å². The Morgan fingerprint density at radius 2 is 1.60 bits per heavy atom. The van der Waals surface area contributed by atoms with Gasteiger partial charge in [-0.2, -0.15) is 0 Å². The topological polar surface area (TPSA) is 0 Å². The van der Waals surface area contributed by atoms with Crippen LogP contribution in [0.1, 0.15) is 47.0 Å². The fourth-order valence-corrected chi connectivity index (χ4v) is 0.902. The summed E-state index contributed by atoms with van der Waals surface area (Å²) in [4.78, 5) is 0. The molecule has 0 aromatic carbocycles. The molecule has 0 N–H and O–H groups in total. The highest BCUT2D eigenvalue weighted by molar-refractivity contribution is 4.66. The summed E-state index contributed by atoms with van der Waals surface area (Å²) in [7, 11) is 0. The molecule has 0 rings (SSSR count). The van der Waals surface area contributed by atoms with Crippen LogP contribution in [0.5, 0.6) is 0 Å². The molecule has 0 nitrogen and oxygen atoms in total. The van der Waals surface area contributed by atoms with Crippen LogP contribution in [0.2, 0.25) is 0 Å². The third-order valence-electron chi connectivity index (χ3n) is 1.59. The second-order valence-corrected chi connectivity index (χ2v) is 3.89. The van der Waals surface area contributed by atoms with Gasteiger partial charge >= 0.3 is 0 Å². The van der Waals surface area contributed by atoms with Gasteiger partial charge in [-0.15, -0.1) is 0 Å². The van der Waals surface area contributed by atoms with Gasteiger partial charge in [0.05, 0.1) is 0 Å². The van der Waals surface area contributed by atoms with Crippen LogP contribution >= 0.6 is 0 Å². The summed E-state index contributed by atoms with van der Waals surface area (Å²) in [5, 5.41) is 0. The lowest BCUT2D eigenvalue weighted by Gasteiger charge is -2.05. The van der Waals surface area contributed by atoms with Crippen molar-refractivity contribution < 1.29 is 0 Å². The van der Waals surface area contributed by atoms with Gasteiger partial charge < -0.3 is 0 Å². The predicted octanol–water partition coefficient (Wildman–Crippen LogP) is 3.67. The van der Waals surface area contributed by atoms with Crippen molar-refractivity contribution in [2.24, 2.45) is 11.8 Å². The molecule has 0 aromatic heterocycles. The SMILES string of the molecule is CC(C)C[CH]CCC(C)C. The Morgan fingerprint density at radius 3 is 2.00 bits per heavy atom. The predicted molar refractivity (Wildman–Crippen MR) is 47.8 cm³/mol. The first-order valence-electron chi connectivity index (χ1n) is 4.44. The lowest BCUT2D eigenvalue weighted by atomic mass is 10.0. The fourth-order valence-electron chi connectivity index (χ4n) is 0.902. The summed E-state index contributed by atoms with van der Waals surface area (Å²) in [5.74, 6) is 1.70. The van der Waals surface area contributed by atoms with Crippen molar-refractivity contribution in [3.05, 3.63) is 6.42 Å². The Kier molecular flexibility index (Phi) is 5.76. The number of hydrogen-bond donors (Lipinski definition) is 0. The number of hydrogen-bond acceptors (Lipinski definition) is 0. The molecule has 0 unspecified atom stereocenters. The minimum atomic E-state index is 0.840. The molecule has 0 amide bonds. The molecule has 0 heteroatoms. The van der Waals surface area contributed by atoms with E-state index in [1.165, 1.54) is 19.3 Å². The summed E-state index contributed by atoms with van der Waals surface area (Å²) in [5.41, 5.74) is 0. The molecule has 0 bridgehead atoms. The van der Waals surface area contributed by atoms with Crippen LogP contribution in [0.15, 0.2) is 0 Å². The second-order valence-electron chi connectivity index (χ2n) is 3.89. The molecule has 10 heavy (non-hydrogen) atoms. The summed E-state index contributed by atoms with van der Waals surface area (Å²) < 4.78 is 0. The van der Waals surface area contributed by atoms with Crippen molar-refractivity contribution in [1.82, 2.24) is 0 Å². The number of rotatable bonds is 5. The van der Waals surface area contributed by atoms with E-state index in [-0.39, 0.29) is 0 Å². The van der Waals surface area contributed by atoms with Gasteiger partial charge in [-0.3, -0.25) is 0 Å². The quantitative estimate of drug-likeness (QED) is 0.512. The van der Waals surface area contributed by atoms with Crippen molar-refractivity contribution in [2.45, 2.75) is 47.0 Å². The average Bonchev–Trinajstić information content (AvgIpc) is 1.79. The lowest BCUT2D eigenvalue weighted by molar-refractivity contribution is 0.549. The van der Waals surface area contributed by atoms with Crippen LogP contribution in [-0.2, 0) is 0 Å². The van der Waals surface area contributed by atoms with Crippen molar-refractivity contribution in [1.29, 1.82) is 0 Å². The zero-order chi connectivity index (χ0) is 7.98. The van der Waals surface area contributed by atoms with Gasteiger partial charge in [-0.05, 0) is 31.1 Å². The van der Waals surface area contributed by atoms with Gasteiger partial charge in [0.1, 0.15) is 0 Å². The second kappa shape index (κ2) is 5.76. The largest absolute Gasteiger partial charge is 0.0628 e. The highest BCUT2D eigenvalue weighted by Gasteiger charge is 1.96. The van der Waals surface area contributed by atoms with Gasteiger partial charge in [-0.1, -0.05) is 34.1 Å². The van der Waals surface area contributed by atoms with Gasteiger partial charge in [0, 0.05) is 0 Å². The maximum Gasteiger partial charge on any atom is -0.0383 e. The molecule has 0 saturated heterocycles. The van der Waals surface area contributed by atoms with E-state index >= 15 is 0 Å². The first kappa shape index (κ1) is 10.0. The molecule has 0 aliphatic carbocycles. The normalized spacial score (nSPS) is 11.4. The van der Waals surface area contributed by atoms with Crippen molar-refractivity contribution in [3.63, 3.8) is 0 Å². The molecule has 0 aliphatic rings. The molecular weight excluding hydrogens is 120 g/mol. The van der Waals surface area contributed by atoms with Crippen LogP contribution in [0.3, 0.4) is 0 Å². The molecule has 61 valence electrons. The first-order chi connectivity index (χ1) is 4.63. The minimum absolute atomic E-state index is 0.840. The van der Waals surface area contributed by atoms with Crippen LogP contribution in [0, 0.1) is 18.3 Å². The average molecular weight is 141 g/mol. The molecule has 0 saturated carbocycles. The van der Waals surface area contributed by atoms with Crippen LogP contribution in [0.25, 0.3) is 0 Å². The smallest absolute Gasteiger partial charge is 0.0383 e. The molecule has 0 heterocycles. The molecule has 0 aromatic rings. The Labute approximate surface area is 66.0 Å². The standard InChI is InChI=1S/C10H21/c1-9(2)7-5-6-8-10(3)4/h5,9-10H,6-8H2,1-4H3. The summed E-state index contributed by atoms with van der Waals surface area (Å²) >= 11 is 0. The van der Waals surface area contributed by atoms with Crippen LogP contribution in [0.4, 0.5) is 0 Å². The Morgan fingerprint density at radius 1 is 1.00 bits per heavy atom. The van der Waals surface area contributed by atoms with Gasteiger partial charge in [0.2, 0.25) is 0 Å². The van der Waals surface area contributed by atoms with Crippen molar-refractivity contribution >= 4 is 0 Å². The molecule has 1 radical (unpaired) electrons. The zero-order valence-corrected chi connectivity index (χ0v) is 7.85. The molecule has 0 fully saturated rings. The third-order valence-corrected chi connectivity index (χ3v) is 1.59. The summed E-state index contributed by atoms with van der Waals surface area (Å²) in [6.07, 6.45) is 6.36.